The Bertz CT molecular complexity index is 888. The number of alkyl halides is 6. The van der Waals surface area contributed by atoms with Crippen molar-refractivity contribution in [2.75, 3.05) is 13.1 Å². The monoisotopic (exact) mass is 437 g/mol. The molecule has 0 atom stereocenters. The standard InChI is InChI=1S/C18H17F6N3O3/c1-3-25-15(28)13-9-30-14(26-13)8-27(4-2)16(29)10-5-11(17(19,20)21)7-12(6-10)18(22,23)24/h5-7,9H,3-4,8H2,1-2H3,(H,25,28). The summed E-state index contributed by atoms with van der Waals surface area (Å²) in [5, 5.41) is 2.48. The van der Waals surface area contributed by atoms with Crippen LogP contribution in [0.3, 0.4) is 0 Å². The van der Waals surface area contributed by atoms with Gasteiger partial charge in [-0.05, 0) is 32.0 Å². The van der Waals surface area contributed by atoms with Crippen molar-refractivity contribution in [1.82, 2.24) is 15.2 Å². The van der Waals surface area contributed by atoms with Gasteiger partial charge in [0.05, 0.1) is 17.7 Å². The van der Waals surface area contributed by atoms with Gasteiger partial charge in [0, 0.05) is 18.7 Å². The SMILES string of the molecule is CCNC(=O)c1coc(CN(CC)C(=O)c2cc(C(F)(F)F)cc(C(F)(F)F)c2)n1. The quantitative estimate of drug-likeness (QED) is 0.690. The van der Waals surface area contributed by atoms with Crippen LogP contribution in [-0.2, 0) is 18.9 Å². The number of hydrogen-bond acceptors (Lipinski definition) is 4. The molecule has 30 heavy (non-hydrogen) atoms. The Kier molecular flexibility index (Phi) is 6.78. The highest BCUT2D eigenvalue weighted by Crippen LogP contribution is 2.36. The van der Waals surface area contributed by atoms with Crippen LogP contribution in [0.15, 0.2) is 28.9 Å². The third kappa shape index (κ3) is 5.51. The summed E-state index contributed by atoms with van der Waals surface area (Å²) in [5.41, 5.74) is -4.04. The molecule has 1 heterocycles. The summed E-state index contributed by atoms with van der Waals surface area (Å²) in [5.74, 6) is -1.71. The number of hydrogen-bond donors (Lipinski definition) is 1. The number of carbonyl (C=O) groups excluding carboxylic acids is 2. The van der Waals surface area contributed by atoms with E-state index in [1.165, 1.54) is 6.92 Å². The number of benzene rings is 1. The fourth-order valence-electron chi connectivity index (χ4n) is 2.49. The molecule has 0 aliphatic heterocycles. The summed E-state index contributed by atoms with van der Waals surface area (Å²) < 4.78 is 83.2. The number of oxazole rings is 1. The van der Waals surface area contributed by atoms with E-state index in [-0.39, 0.29) is 30.7 Å². The minimum Gasteiger partial charge on any atom is -0.446 e. The third-order valence-electron chi connectivity index (χ3n) is 3.95. The molecule has 2 amide bonds. The lowest BCUT2D eigenvalue weighted by Gasteiger charge is -2.21. The van der Waals surface area contributed by atoms with Gasteiger partial charge >= 0.3 is 12.4 Å². The van der Waals surface area contributed by atoms with Gasteiger partial charge in [-0.15, -0.1) is 0 Å². The summed E-state index contributed by atoms with van der Waals surface area (Å²) in [6, 6.07) is 0.658. The van der Waals surface area contributed by atoms with Crippen LogP contribution in [0.2, 0.25) is 0 Å². The highest BCUT2D eigenvalue weighted by molar-refractivity contribution is 5.94. The maximum absolute atomic E-state index is 13.0. The summed E-state index contributed by atoms with van der Waals surface area (Å²) in [6.45, 7) is 3.07. The molecule has 0 radical (unpaired) electrons. The fourth-order valence-corrected chi connectivity index (χ4v) is 2.49. The van der Waals surface area contributed by atoms with Crippen LogP contribution in [0, 0.1) is 0 Å². The topological polar surface area (TPSA) is 75.4 Å². The molecule has 164 valence electrons. The minimum absolute atomic E-state index is 0.0558. The number of nitrogens with one attached hydrogen (secondary N) is 1. The Hall–Kier alpha value is -3.05. The molecule has 0 saturated heterocycles. The van der Waals surface area contributed by atoms with Gasteiger partial charge in [0.2, 0.25) is 5.89 Å². The number of aromatic nitrogens is 1. The number of carbonyl (C=O) groups is 2. The second-order valence-corrected chi connectivity index (χ2v) is 6.10. The molecular formula is C18H17F6N3O3. The minimum atomic E-state index is -5.07. The van der Waals surface area contributed by atoms with Crippen molar-refractivity contribution in [1.29, 1.82) is 0 Å². The van der Waals surface area contributed by atoms with Crippen LogP contribution < -0.4 is 5.32 Å². The molecule has 0 aliphatic rings. The number of nitrogens with zero attached hydrogens (tertiary/aromatic N) is 2. The fraction of sp³-hybridized carbons (Fsp3) is 0.389. The van der Waals surface area contributed by atoms with Crippen LogP contribution >= 0.6 is 0 Å². The van der Waals surface area contributed by atoms with E-state index < -0.39 is 40.9 Å². The third-order valence-corrected chi connectivity index (χ3v) is 3.95. The second kappa shape index (κ2) is 8.76. The van der Waals surface area contributed by atoms with Crippen LogP contribution in [0.1, 0.15) is 51.7 Å². The molecule has 12 heteroatoms. The smallest absolute Gasteiger partial charge is 0.416 e. The maximum Gasteiger partial charge on any atom is 0.416 e. The van der Waals surface area contributed by atoms with E-state index in [0.29, 0.717) is 18.7 Å². The summed E-state index contributed by atoms with van der Waals surface area (Å²) in [7, 11) is 0. The second-order valence-electron chi connectivity index (χ2n) is 6.10. The van der Waals surface area contributed by atoms with E-state index in [2.05, 4.69) is 10.3 Å². The molecule has 2 rings (SSSR count). The first-order valence-corrected chi connectivity index (χ1v) is 8.68. The lowest BCUT2D eigenvalue weighted by molar-refractivity contribution is -0.143. The molecular weight excluding hydrogens is 420 g/mol. The summed E-state index contributed by atoms with van der Waals surface area (Å²) >= 11 is 0. The molecule has 1 aromatic heterocycles. The van der Waals surface area contributed by atoms with E-state index in [1.54, 1.807) is 6.92 Å². The predicted octanol–water partition coefficient (Wildman–Crippen LogP) is 4.12. The summed E-state index contributed by atoms with van der Waals surface area (Å²) in [4.78, 5) is 29.1. The van der Waals surface area contributed by atoms with Gasteiger partial charge in [0.1, 0.15) is 6.26 Å². The van der Waals surface area contributed by atoms with E-state index in [1.807, 2.05) is 0 Å². The van der Waals surface area contributed by atoms with Crippen molar-refractivity contribution >= 4 is 11.8 Å². The molecule has 0 fully saturated rings. The summed E-state index contributed by atoms with van der Waals surface area (Å²) in [6.07, 6.45) is -9.11. The highest BCUT2D eigenvalue weighted by Gasteiger charge is 2.38. The molecule has 2 aromatic rings. The van der Waals surface area contributed by atoms with Crippen LogP contribution in [0.25, 0.3) is 0 Å². The highest BCUT2D eigenvalue weighted by atomic mass is 19.4. The Morgan fingerprint density at radius 3 is 2.07 bits per heavy atom. The van der Waals surface area contributed by atoms with Crippen LogP contribution in [0.5, 0.6) is 0 Å². The lowest BCUT2D eigenvalue weighted by Crippen LogP contribution is -2.31. The van der Waals surface area contributed by atoms with E-state index in [9.17, 15) is 35.9 Å². The van der Waals surface area contributed by atoms with Gasteiger partial charge in [0.25, 0.3) is 11.8 Å². The number of amides is 2. The number of rotatable bonds is 6. The van der Waals surface area contributed by atoms with Crippen molar-refractivity contribution < 1.29 is 40.3 Å². The average Bonchev–Trinajstić information content (AvgIpc) is 3.13. The Labute approximate surface area is 166 Å². The normalized spacial score (nSPS) is 12.0. The van der Waals surface area contributed by atoms with Crippen molar-refractivity contribution in [2.24, 2.45) is 0 Å². The van der Waals surface area contributed by atoms with Crippen molar-refractivity contribution in [3.8, 4) is 0 Å². The van der Waals surface area contributed by atoms with Gasteiger partial charge < -0.3 is 14.6 Å². The van der Waals surface area contributed by atoms with Gasteiger partial charge in [0.15, 0.2) is 5.69 Å². The Morgan fingerprint density at radius 1 is 1.03 bits per heavy atom. The molecule has 1 N–H and O–H groups in total. The first kappa shape index (κ1) is 23.2. The molecule has 0 bridgehead atoms. The lowest BCUT2D eigenvalue weighted by atomic mass is 10.0. The first-order chi connectivity index (χ1) is 13.9. The molecule has 6 nitrogen and oxygen atoms in total. The van der Waals surface area contributed by atoms with Gasteiger partial charge in [-0.2, -0.15) is 26.3 Å². The molecule has 0 aliphatic carbocycles. The zero-order chi connectivity index (χ0) is 22.7. The average molecular weight is 437 g/mol. The van der Waals surface area contributed by atoms with Crippen LogP contribution in [0.4, 0.5) is 26.3 Å². The van der Waals surface area contributed by atoms with Crippen molar-refractivity contribution in [3.05, 3.63) is 52.7 Å². The Morgan fingerprint density at radius 2 is 1.60 bits per heavy atom. The molecule has 0 unspecified atom stereocenters. The van der Waals surface area contributed by atoms with E-state index in [0.717, 1.165) is 11.2 Å². The van der Waals surface area contributed by atoms with Gasteiger partial charge in [-0.1, -0.05) is 0 Å². The number of halogens is 6. The largest absolute Gasteiger partial charge is 0.446 e. The molecule has 1 aromatic carbocycles. The Balaban J connectivity index is 2.34. The predicted molar refractivity (Wildman–Crippen MR) is 91.4 cm³/mol. The van der Waals surface area contributed by atoms with Crippen molar-refractivity contribution in [2.45, 2.75) is 32.7 Å². The first-order valence-electron chi connectivity index (χ1n) is 8.68. The van der Waals surface area contributed by atoms with E-state index in [4.69, 9.17) is 4.42 Å². The van der Waals surface area contributed by atoms with E-state index >= 15 is 0 Å². The van der Waals surface area contributed by atoms with Gasteiger partial charge in [-0.3, -0.25) is 9.59 Å². The van der Waals surface area contributed by atoms with Crippen LogP contribution in [-0.4, -0.2) is 34.8 Å². The maximum atomic E-state index is 13.0. The zero-order valence-corrected chi connectivity index (χ0v) is 15.8. The van der Waals surface area contributed by atoms with Crippen molar-refractivity contribution in [3.63, 3.8) is 0 Å². The molecule has 0 spiro atoms. The zero-order valence-electron chi connectivity index (χ0n) is 15.8. The van der Waals surface area contributed by atoms with Gasteiger partial charge in [-0.25, -0.2) is 4.98 Å². The molecule has 0 saturated carbocycles.